The first kappa shape index (κ1) is 12.8. The molecule has 0 aromatic heterocycles. The molecule has 0 aliphatic carbocycles. The number of carbonyl (C=O) groups excluding carboxylic acids is 2. The van der Waals surface area contributed by atoms with Crippen molar-refractivity contribution in [2.24, 2.45) is 0 Å². The Balaban J connectivity index is 2.92. The molecule has 17 heavy (non-hydrogen) atoms. The summed E-state index contributed by atoms with van der Waals surface area (Å²) in [6.07, 6.45) is 0. The zero-order chi connectivity index (χ0) is 12.7. The summed E-state index contributed by atoms with van der Waals surface area (Å²) < 4.78 is 4.64. The number of nitrogens with one attached hydrogen (secondary N) is 1. The number of amides is 1. The van der Waals surface area contributed by atoms with Crippen molar-refractivity contribution >= 4 is 11.9 Å². The third kappa shape index (κ3) is 3.65. The first-order valence-corrected chi connectivity index (χ1v) is 5.05. The molecule has 88 valence electrons. The second-order valence-electron chi connectivity index (χ2n) is 3.22. The minimum atomic E-state index is -0.824. The lowest BCUT2D eigenvalue weighted by molar-refractivity contribution is -0.144. The molecule has 1 amide bonds. The van der Waals surface area contributed by atoms with E-state index < -0.39 is 17.9 Å². The predicted octanol–water partition coefficient (Wildman–Crippen LogP) is 1.04. The summed E-state index contributed by atoms with van der Waals surface area (Å²) in [5, 5.41) is 2.50. The van der Waals surface area contributed by atoms with Crippen LogP contribution < -0.4 is 5.32 Å². The Hall–Kier alpha value is -2.28. The summed E-state index contributed by atoms with van der Waals surface area (Å²) in [5.74, 6) is 3.75. The lowest BCUT2D eigenvalue weighted by Crippen LogP contribution is -2.33. The van der Waals surface area contributed by atoms with Crippen LogP contribution in [0.3, 0.4) is 0 Å². The second-order valence-corrected chi connectivity index (χ2v) is 3.22. The summed E-state index contributed by atoms with van der Waals surface area (Å²) in [6, 6.07) is 8.04. The van der Waals surface area contributed by atoms with Crippen molar-refractivity contribution in [3.63, 3.8) is 0 Å². The lowest BCUT2D eigenvalue weighted by Gasteiger charge is -2.14. The molecule has 0 heterocycles. The highest BCUT2D eigenvalue weighted by molar-refractivity contribution is 5.96. The summed E-state index contributed by atoms with van der Waals surface area (Å²) in [5.41, 5.74) is 0.658. The molecule has 1 rings (SSSR count). The Morgan fingerprint density at radius 2 is 1.94 bits per heavy atom. The van der Waals surface area contributed by atoms with Gasteiger partial charge in [0.25, 0.3) is 5.91 Å². The Morgan fingerprint density at radius 3 is 2.47 bits per heavy atom. The van der Waals surface area contributed by atoms with Gasteiger partial charge in [0.05, 0.1) is 7.11 Å². The molecule has 0 aliphatic heterocycles. The van der Waals surface area contributed by atoms with Gasteiger partial charge in [-0.1, -0.05) is 36.3 Å². The van der Waals surface area contributed by atoms with E-state index in [4.69, 9.17) is 0 Å². The molecule has 0 bridgehead atoms. The number of methoxy groups -OCH3 is 1. The highest BCUT2D eigenvalue weighted by Crippen LogP contribution is 2.13. The number of carbonyl (C=O) groups is 2. The van der Waals surface area contributed by atoms with Crippen LogP contribution in [0.2, 0.25) is 0 Å². The van der Waals surface area contributed by atoms with Crippen LogP contribution in [-0.2, 0) is 14.3 Å². The zero-order valence-electron chi connectivity index (χ0n) is 9.69. The van der Waals surface area contributed by atoms with E-state index in [0.717, 1.165) is 0 Å². The number of hydrogen-bond acceptors (Lipinski definition) is 3. The molecule has 0 saturated carbocycles. The number of rotatable bonds is 3. The maximum absolute atomic E-state index is 11.6. The van der Waals surface area contributed by atoms with Crippen LogP contribution in [0.15, 0.2) is 30.3 Å². The van der Waals surface area contributed by atoms with E-state index in [1.165, 1.54) is 7.11 Å². The number of ether oxygens (including phenoxy) is 1. The van der Waals surface area contributed by atoms with Gasteiger partial charge in [0.15, 0.2) is 6.04 Å². The molecular formula is C13H13NO3. The van der Waals surface area contributed by atoms with E-state index in [2.05, 4.69) is 21.9 Å². The van der Waals surface area contributed by atoms with Crippen LogP contribution in [0.5, 0.6) is 0 Å². The van der Waals surface area contributed by atoms with Gasteiger partial charge in [0.1, 0.15) is 0 Å². The van der Waals surface area contributed by atoms with Gasteiger partial charge < -0.3 is 10.1 Å². The zero-order valence-corrected chi connectivity index (χ0v) is 9.69. The van der Waals surface area contributed by atoms with Gasteiger partial charge in [-0.2, -0.15) is 0 Å². The molecular weight excluding hydrogens is 218 g/mol. The molecule has 0 saturated heterocycles. The van der Waals surface area contributed by atoms with Crippen LogP contribution in [0.4, 0.5) is 0 Å². The summed E-state index contributed by atoms with van der Waals surface area (Å²) >= 11 is 0. The Kier molecular flexibility index (Phi) is 4.77. The average Bonchev–Trinajstić information content (AvgIpc) is 2.36. The van der Waals surface area contributed by atoms with Gasteiger partial charge in [0, 0.05) is 0 Å². The van der Waals surface area contributed by atoms with Crippen molar-refractivity contribution in [2.45, 2.75) is 13.0 Å². The van der Waals surface area contributed by atoms with Crippen LogP contribution in [0, 0.1) is 11.8 Å². The maximum atomic E-state index is 11.6. The normalized spacial score (nSPS) is 10.7. The van der Waals surface area contributed by atoms with Crippen LogP contribution in [0.25, 0.3) is 0 Å². The highest BCUT2D eigenvalue weighted by Gasteiger charge is 2.22. The SMILES string of the molecule is CC#CC(=O)NC(C(=O)OC)c1ccccc1. The fraction of sp³-hybridized carbons (Fsp3) is 0.231. The second kappa shape index (κ2) is 6.33. The summed E-state index contributed by atoms with van der Waals surface area (Å²) in [7, 11) is 1.27. The van der Waals surface area contributed by atoms with E-state index >= 15 is 0 Å². The molecule has 0 fully saturated rings. The molecule has 4 heteroatoms. The van der Waals surface area contributed by atoms with Crippen LogP contribution in [0.1, 0.15) is 18.5 Å². The average molecular weight is 231 g/mol. The first-order valence-electron chi connectivity index (χ1n) is 5.05. The fourth-order valence-corrected chi connectivity index (χ4v) is 1.32. The van der Waals surface area contributed by atoms with E-state index in [1.54, 1.807) is 31.2 Å². The highest BCUT2D eigenvalue weighted by atomic mass is 16.5. The van der Waals surface area contributed by atoms with Crippen LogP contribution >= 0.6 is 0 Å². The van der Waals surface area contributed by atoms with Gasteiger partial charge in [-0.05, 0) is 18.4 Å². The van der Waals surface area contributed by atoms with Gasteiger partial charge in [0.2, 0.25) is 0 Å². The van der Waals surface area contributed by atoms with Crippen molar-refractivity contribution in [2.75, 3.05) is 7.11 Å². The van der Waals surface area contributed by atoms with Crippen molar-refractivity contribution in [3.8, 4) is 11.8 Å². The third-order valence-corrected chi connectivity index (χ3v) is 2.08. The van der Waals surface area contributed by atoms with Gasteiger partial charge in [-0.25, -0.2) is 4.79 Å². The Labute approximate surface area is 100.0 Å². The molecule has 1 aromatic carbocycles. The lowest BCUT2D eigenvalue weighted by atomic mass is 10.1. The number of benzene rings is 1. The Morgan fingerprint density at radius 1 is 1.29 bits per heavy atom. The van der Waals surface area contributed by atoms with Crippen LogP contribution in [-0.4, -0.2) is 19.0 Å². The maximum Gasteiger partial charge on any atom is 0.333 e. The third-order valence-electron chi connectivity index (χ3n) is 2.08. The first-order chi connectivity index (χ1) is 8.19. The van der Waals surface area contributed by atoms with E-state index in [0.29, 0.717) is 5.56 Å². The molecule has 1 N–H and O–H groups in total. The van der Waals surface area contributed by atoms with Crippen molar-refractivity contribution < 1.29 is 14.3 Å². The largest absolute Gasteiger partial charge is 0.467 e. The minimum Gasteiger partial charge on any atom is -0.467 e. The standard InChI is InChI=1S/C13H13NO3/c1-3-7-11(15)14-12(13(16)17-2)10-8-5-4-6-9-10/h4-6,8-9,12H,1-2H3,(H,14,15). The van der Waals surface area contributed by atoms with Gasteiger partial charge >= 0.3 is 5.97 Å². The summed E-state index contributed by atoms with van der Waals surface area (Å²) in [6.45, 7) is 1.55. The topological polar surface area (TPSA) is 55.4 Å². The molecule has 4 nitrogen and oxygen atoms in total. The smallest absolute Gasteiger partial charge is 0.333 e. The Bertz CT molecular complexity index is 457. The van der Waals surface area contributed by atoms with E-state index in [-0.39, 0.29) is 0 Å². The van der Waals surface area contributed by atoms with E-state index in [1.807, 2.05) is 6.07 Å². The van der Waals surface area contributed by atoms with Crippen molar-refractivity contribution in [1.29, 1.82) is 0 Å². The molecule has 1 atom stereocenters. The van der Waals surface area contributed by atoms with Crippen molar-refractivity contribution in [1.82, 2.24) is 5.32 Å². The number of esters is 1. The minimum absolute atomic E-state index is 0.508. The molecule has 0 aliphatic rings. The molecule has 1 unspecified atom stereocenters. The number of hydrogen-bond donors (Lipinski definition) is 1. The predicted molar refractivity (Wildman–Crippen MR) is 62.8 cm³/mol. The monoisotopic (exact) mass is 231 g/mol. The van der Waals surface area contributed by atoms with E-state index in [9.17, 15) is 9.59 Å². The summed E-state index contributed by atoms with van der Waals surface area (Å²) in [4.78, 5) is 22.9. The quantitative estimate of drug-likeness (QED) is 0.624. The van der Waals surface area contributed by atoms with Gasteiger partial charge in [-0.15, -0.1) is 0 Å². The molecule has 0 radical (unpaired) electrons. The van der Waals surface area contributed by atoms with Crippen molar-refractivity contribution in [3.05, 3.63) is 35.9 Å². The molecule has 0 spiro atoms. The fourth-order valence-electron chi connectivity index (χ4n) is 1.32. The van der Waals surface area contributed by atoms with Gasteiger partial charge in [-0.3, -0.25) is 4.79 Å². The molecule has 1 aromatic rings.